The van der Waals surface area contributed by atoms with Crippen molar-refractivity contribution in [2.45, 2.75) is 37.8 Å². The fourth-order valence-corrected chi connectivity index (χ4v) is 3.03. The van der Waals surface area contributed by atoms with E-state index in [1.165, 1.54) is 6.92 Å². The van der Waals surface area contributed by atoms with Gasteiger partial charge in [-0.25, -0.2) is 12.8 Å². The lowest BCUT2D eigenvalue weighted by molar-refractivity contribution is -0.126. The number of aldehydes is 1. The molecule has 0 saturated heterocycles. The summed E-state index contributed by atoms with van der Waals surface area (Å²) in [6, 6.07) is 2.50. The molecule has 0 aromatic heterocycles. The van der Waals surface area contributed by atoms with Crippen LogP contribution in [0, 0.1) is 11.7 Å². The molecule has 0 saturated carbocycles. The third kappa shape index (κ3) is 4.88. The van der Waals surface area contributed by atoms with Crippen molar-refractivity contribution in [3.05, 3.63) is 30.1 Å². The van der Waals surface area contributed by atoms with Crippen LogP contribution in [0.2, 0.25) is 0 Å². The summed E-state index contributed by atoms with van der Waals surface area (Å²) in [6.45, 7) is 4.82. The normalized spacial score (nSPS) is 14.4. The Bertz CT molecular complexity index is 629. The highest BCUT2D eigenvalue weighted by Crippen LogP contribution is 2.13. The molecule has 0 radical (unpaired) electrons. The monoisotopic (exact) mass is 330 g/mol. The molecule has 2 N–H and O–H groups in total. The Kier molecular flexibility index (Phi) is 6.19. The van der Waals surface area contributed by atoms with Crippen LogP contribution in [0.3, 0.4) is 0 Å². The summed E-state index contributed by atoms with van der Waals surface area (Å²) in [4.78, 5) is 22.5. The number of sulfonamides is 1. The van der Waals surface area contributed by atoms with Gasteiger partial charge in [0.2, 0.25) is 15.9 Å². The Morgan fingerprint density at radius 3 is 2.18 bits per heavy atom. The van der Waals surface area contributed by atoms with Gasteiger partial charge in [-0.1, -0.05) is 13.8 Å². The van der Waals surface area contributed by atoms with Gasteiger partial charge < -0.3 is 10.1 Å². The van der Waals surface area contributed by atoms with Crippen LogP contribution < -0.4 is 10.0 Å². The molecule has 8 heteroatoms. The minimum Gasteiger partial charge on any atom is -0.345 e. The van der Waals surface area contributed by atoms with Crippen molar-refractivity contribution in [1.29, 1.82) is 0 Å². The second-order valence-corrected chi connectivity index (χ2v) is 6.94. The summed E-state index contributed by atoms with van der Waals surface area (Å²) < 4.78 is 39.6. The lowest BCUT2D eigenvalue weighted by Gasteiger charge is -2.22. The first kappa shape index (κ1) is 18.2. The summed E-state index contributed by atoms with van der Waals surface area (Å²) >= 11 is 0. The van der Waals surface area contributed by atoms with Gasteiger partial charge in [-0.15, -0.1) is 0 Å². The van der Waals surface area contributed by atoms with E-state index >= 15 is 0 Å². The zero-order valence-corrected chi connectivity index (χ0v) is 13.4. The van der Waals surface area contributed by atoms with Crippen LogP contribution in [-0.4, -0.2) is 32.7 Å². The Morgan fingerprint density at radius 2 is 1.73 bits per heavy atom. The number of rotatable bonds is 7. The molecule has 0 unspecified atom stereocenters. The average molecular weight is 330 g/mol. The number of halogens is 1. The molecule has 0 aliphatic heterocycles. The van der Waals surface area contributed by atoms with Crippen LogP contribution in [0.1, 0.15) is 20.8 Å². The van der Waals surface area contributed by atoms with E-state index in [1.807, 2.05) is 0 Å². The smallest absolute Gasteiger partial charge is 0.241 e. The van der Waals surface area contributed by atoms with Gasteiger partial charge in [-0.2, -0.15) is 4.72 Å². The summed E-state index contributed by atoms with van der Waals surface area (Å²) in [6.07, 6.45) is 0.545. The lowest BCUT2D eigenvalue weighted by atomic mass is 10.0. The number of amides is 1. The maximum atomic E-state index is 12.9. The first-order valence-electron chi connectivity index (χ1n) is 6.71. The van der Waals surface area contributed by atoms with E-state index in [2.05, 4.69) is 10.0 Å². The van der Waals surface area contributed by atoms with Crippen LogP contribution in [0.25, 0.3) is 0 Å². The van der Waals surface area contributed by atoms with E-state index in [1.54, 1.807) is 13.8 Å². The molecule has 0 aliphatic rings. The average Bonchev–Trinajstić information content (AvgIpc) is 2.44. The van der Waals surface area contributed by atoms with Crippen LogP contribution in [0.4, 0.5) is 4.39 Å². The van der Waals surface area contributed by atoms with Gasteiger partial charge in [0, 0.05) is 0 Å². The van der Waals surface area contributed by atoms with Crippen molar-refractivity contribution in [3.8, 4) is 0 Å². The third-order valence-corrected chi connectivity index (χ3v) is 4.39. The topological polar surface area (TPSA) is 92.3 Å². The second-order valence-electron chi connectivity index (χ2n) is 5.23. The van der Waals surface area contributed by atoms with Crippen molar-refractivity contribution < 1.29 is 22.4 Å². The number of benzene rings is 1. The predicted molar refractivity (Wildman–Crippen MR) is 79.0 cm³/mol. The maximum absolute atomic E-state index is 12.9. The molecule has 1 aromatic rings. The van der Waals surface area contributed by atoms with Gasteiger partial charge in [-0.05, 0) is 37.1 Å². The van der Waals surface area contributed by atoms with E-state index in [0.29, 0.717) is 6.29 Å². The molecule has 22 heavy (non-hydrogen) atoms. The van der Waals surface area contributed by atoms with Gasteiger partial charge in [0.25, 0.3) is 0 Å². The Balaban J connectivity index is 2.97. The highest BCUT2D eigenvalue weighted by atomic mass is 32.2. The summed E-state index contributed by atoms with van der Waals surface area (Å²) in [5.74, 6) is -1.49. The van der Waals surface area contributed by atoms with Crippen LogP contribution in [0.5, 0.6) is 0 Å². The minimum absolute atomic E-state index is 0.143. The molecule has 1 rings (SSSR count). The van der Waals surface area contributed by atoms with Crippen molar-refractivity contribution in [1.82, 2.24) is 10.0 Å². The fourth-order valence-electron chi connectivity index (χ4n) is 1.69. The molecule has 0 bridgehead atoms. The number of carbonyl (C=O) groups excluding carboxylic acids is 2. The van der Waals surface area contributed by atoms with Gasteiger partial charge in [0.05, 0.1) is 10.9 Å². The van der Waals surface area contributed by atoms with E-state index < -0.39 is 33.8 Å². The molecule has 0 aliphatic carbocycles. The standard InChI is InChI=1S/C14H19FN2O4S/c1-9(2)13(14(19)16-10(3)8-18)17-22(20,21)12-6-4-11(15)5-7-12/h4-10,13,17H,1-3H3,(H,16,19)/t10-,13-/m0/s1. The molecule has 6 nitrogen and oxygen atoms in total. The van der Waals surface area contributed by atoms with E-state index in [4.69, 9.17) is 0 Å². The summed E-state index contributed by atoms with van der Waals surface area (Å²) in [5.41, 5.74) is 0. The number of hydrogen-bond donors (Lipinski definition) is 2. The highest BCUT2D eigenvalue weighted by Gasteiger charge is 2.28. The van der Waals surface area contributed by atoms with E-state index in [9.17, 15) is 22.4 Å². The van der Waals surface area contributed by atoms with Crippen molar-refractivity contribution in [2.75, 3.05) is 0 Å². The number of carbonyl (C=O) groups is 2. The van der Waals surface area contributed by atoms with Crippen LogP contribution in [0.15, 0.2) is 29.2 Å². The summed E-state index contributed by atoms with van der Waals surface area (Å²) in [7, 11) is -3.97. The Labute approximate surface area is 129 Å². The Morgan fingerprint density at radius 1 is 1.18 bits per heavy atom. The lowest BCUT2D eigenvalue weighted by Crippen LogP contribution is -2.51. The van der Waals surface area contributed by atoms with Crippen molar-refractivity contribution in [3.63, 3.8) is 0 Å². The minimum atomic E-state index is -3.97. The Hall–Kier alpha value is -1.80. The number of hydrogen-bond acceptors (Lipinski definition) is 4. The molecule has 0 spiro atoms. The largest absolute Gasteiger partial charge is 0.345 e. The number of nitrogens with one attached hydrogen (secondary N) is 2. The van der Waals surface area contributed by atoms with Crippen molar-refractivity contribution >= 4 is 22.2 Å². The summed E-state index contributed by atoms with van der Waals surface area (Å²) in [5, 5.41) is 2.40. The molecular formula is C14H19FN2O4S. The zero-order valence-electron chi connectivity index (χ0n) is 12.5. The first-order valence-corrected chi connectivity index (χ1v) is 8.19. The van der Waals surface area contributed by atoms with Crippen LogP contribution >= 0.6 is 0 Å². The zero-order chi connectivity index (χ0) is 16.9. The van der Waals surface area contributed by atoms with Gasteiger partial charge in [0.15, 0.2) is 0 Å². The van der Waals surface area contributed by atoms with E-state index in [0.717, 1.165) is 24.3 Å². The van der Waals surface area contributed by atoms with Gasteiger partial charge >= 0.3 is 0 Å². The quantitative estimate of drug-likeness (QED) is 0.724. The first-order chi connectivity index (χ1) is 10.2. The molecule has 0 heterocycles. The molecule has 122 valence electrons. The fraction of sp³-hybridized carbons (Fsp3) is 0.429. The predicted octanol–water partition coefficient (Wildman–Crippen LogP) is 0.832. The molecule has 1 amide bonds. The third-order valence-electron chi connectivity index (χ3n) is 2.93. The van der Waals surface area contributed by atoms with E-state index in [-0.39, 0.29) is 10.8 Å². The van der Waals surface area contributed by atoms with Gasteiger partial charge in [0.1, 0.15) is 18.1 Å². The van der Waals surface area contributed by atoms with Crippen LogP contribution in [-0.2, 0) is 19.6 Å². The highest BCUT2D eigenvalue weighted by molar-refractivity contribution is 7.89. The van der Waals surface area contributed by atoms with Gasteiger partial charge in [-0.3, -0.25) is 4.79 Å². The van der Waals surface area contributed by atoms with Crippen molar-refractivity contribution in [2.24, 2.45) is 5.92 Å². The molecule has 1 aromatic carbocycles. The SMILES string of the molecule is CC(C)[C@H](NS(=O)(=O)c1ccc(F)cc1)C(=O)N[C@@H](C)C=O. The maximum Gasteiger partial charge on any atom is 0.241 e. The molecular weight excluding hydrogens is 311 g/mol. The molecule has 0 fully saturated rings. The second kappa shape index (κ2) is 7.46. The molecule has 2 atom stereocenters.